The van der Waals surface area contributed by atoms with Crippen LogP contribution in [0.25, 0.3) is 0 Å². The molecule has 1 rings (SSSR count). The quantitative estimate of drug-likeness (QED) is 0.848. The summed E-state index contributed by atoms with van der Waals surface area (Å²) in [4.78, 5) is 25.3. The van der Waals surface area contributed by atoms with Crippen LogP contribution in [0.3, 0.4) is 0 Å². The van der Waals surface area contributed by atoms with Crippen molar-refractivity contribution in [2.24, 2.45) is 0 Å². The van der Waals surface area contributed by atoms with Gasteiger partial charge < -0.3 is 9.84 Å². The fourth-order valence-corrected chi connectivity index (χ4v) is 2.84. The molecule has 0 aliphatic heterocycles. The van der Waals surface area contributed by atoms with E-state index >= 15 is 0 Å². The van der Waals surface area contributed by atoms with Crippen LogP contribution in [0.5, 0.6) is 0 Å². The van der Waals surface area contributed by atoms with Crippen LogP contribution in [0, 0.1) is 0 Å². The second-order valence-electron chi connectivity index (χ2n) is 7.06. The van der Waals surface area contributed by atoms with Crippen LogP contribution in [-0.2, 0) is 14.9 Å². The molecule has 0 aromatic heterocycles. The molecule has 0 saturated carbocycles. The number of benzene rings is 1. The summed E-state index contributed by atoms with van der Waals surface area (Å²) in [7, 11) is 1.45. The molecule has 0 radical (unpaired) electrons. The summed E-state index contributed by atoms with van der Waals surface area (Å²) in [6.45, 7) is 8.83. The number of likely N-dealkylation sites (N-methyl/N-ethyl adjacent to an activating group) is 1. The van der Waals surface area contributed by atoms with Crippen LogP contribution < -0.4 is 0 Å². The van der Waals surface area contributed by atoms with Crippen molar-refractivity contribution in [1.29, 1.82) is 0 Å². The molecule has 0 fully saturated rings. The van der Waals surface area contributed by atoms with Crippen molar-refractivity contribution in [1.82, 2.24) is 4.90 Å². The van der Waals surface area contributed by atoms with E-state index in [1.807, 2.05) is 24.3 Å². The van der Waals surface area contributed by atoms with Gasteiger partial charge in [-0.05, 0) is 38.5 Å². The molecular weight excluding hydrogens is 362 g/mol. The first-order chi connectivity index (χ1) is 10.4. The molecule has 1 amide bonds. The van der Waals surface area contributed by atoms with Crippen molar-refractivity contribution < 1.29 is 19.4 Å². The molecule has 5 nitrogen and oxygen atoms in total. The second-order valence-corrected chi connectivity index (χ2v) is 7.98. The van der Waals surface area contributed by atoms with Crippen molar-refractivity contribution in [3.05, 3.63) is 34.3 Å². The maximum Gasteiger partial charge on any atom is 0.410 e. The van der Waals surface area contributed by atoms with Crippen LogP contribution >= 0.6 is 15.9 Å². The van der Waals surface area contributed by atoms with E-state index in [-0.39, 0.29) is 0 Å². The number of nitrogens with zero attached hydrogens (tertiary/aromatic N) is 1. The van der Waals surface area contributed by atoms with Gasteiger partial charge in [-0.3, -0.25) is 4.90 Å². The zero-order valence-electron chi connectivity index (χ0n) is 14.4. The zero-order valence-corrected chi connectivity index (χ0v) is 16.0. The Labute approximate surface area is 145 Å². The van der Waals surface area contributed by atoms with Gasteiger partial charge in [0.2, 0.25) is 0 Å². The lowest BCUT2D eigenvalue weighted by molar-refractivity contribution is -0.145. The first kappa shape index (κ1) is 19.5. The lowest BCUT2D eigenvalue weighted by Crippen LogP contribution is -2.54. The fourth-order valence-electron chi connectivity index (χ4n) is 2.44. The first-order valence-corrected chi connectivity index (χ1v) is 8.10. The summed E-state index contributed by atoms with van der Waals surface area (Å²) in [5, 5.41) is 9.70. The minimum atomic E-state index is -1.08. The third-order valence-electron chi connectivity index (χ3n) is 3.55. The van der Waals surface area contributed by atoms with E-state index in [9.17, 15) is 14.7 Å². The van der Waals surface area contributed by atoms with Gasteiger partial charge in [-0.25, -0.2) is 9.59 Å². The van der Waals surface area contributed by atoms with Gasteiger partial charge in [0.15, 0.2) is 0 Å². The van der Waals surface area contributed by atoms with E-state index in [0.29, 0.717) is 0 Å². The van der Waals surface area contributed by atoms with Crippen molar-refractivity contribution in [2.75, 3.05) is 7.05 Å². The normalized spacial score (nSPS) is 13.3. The largest absolute Gasteiger partial charge is 0.480 e. The third-order valence-corrected chi connectivity index (χ3v) is 4.05. The first-order valence-electron chi connectivity index (χ1n) is 7.31. The van der Waals surface area contributed by atoms with E-state index in [0.717, 1.165) is 14.9 Å². The summed E-state index contributed by atoms with van der Waals surface area (Å²) < 4.78 is 6.15. The molecule has 128 valence electrons. The second kappa shape index (κ2) is 6.91. The number of ether oxygens (including phenoxy) is 1. The van der Waals surface area contributed by atoms with Crippen molar-refractivity contribution >= 4 is 28.0 Å². The highest BCUT2D eigenvalue weighted by Gasteiger charge is 2.42. The van der Waals surface area contributed by atoms with E-state index < -0.39 is 29.1 Å². The molecular formula is C17H24BrNO4. The fraction of sp³-hybridized carbons (Fsp3) is 0.529. The molecule has 0 bridgehead atoms. The molecule has 0 aliphatic rings. The van der Waals surface area contributed by atoms with E-state index in [1.54, 1.807) is 34.6 Å². The summed E-state index contributed by atoms with van der Waals surface area (Å²) in [5.74, 6) is -1.08. The average Bonchev–Trinajstić information content (AvgIpc) is 2.35. The minimum Gasteiger partial charge on any atom is -0.480 e. The lowest BCUT2D eigenvalue weighted by atomic mass is 9.77. The van der Waals surface area contributed by atoms with Gasteiger partial charge in [-0.2, -0.15) is 0 Å². The van der Waals surface area contributed by atoms with Crippen molar-refractivity contribution in [3.8, 4) is 0 Å². The number of hydrogen-bond acceptors (Lipinski definition) is 3. The molecule has 1 aromatic rings. The van der Waals surface area contributed by atoms with Crippen LogP contribution in [0.4, 0.5) is 4.79 Å². The number of carbonyl (C=O) groups is 2. The topological polar surface area (TPSA) is 66.8 Å². The molecule has 1 N–H and O–H groups in total. The molecule has 6 heteroatoms. The number of carboxylic acid groups (broad SMARTS) is 1. The molecule has 0 heterocycles. The molecule has 1 atom stereocenters. The summed E-state index contributed by atoms with van der Waals surface area (Å²) in [5.41, 5.74) is -0.676. The van der Waals surface area contributed by atoms with Crippen LogP contribution in [-0.4, -0.2) is 40.8 Å². The standard InChI is InChI=1S/C17H24BrNO4/c1-16(2,3)23-15(22)19(6)13(14(20)21)17(4,5)11-8-7-9-12(18)10-11/h7-10,13H,1-6H3,(H,20,21)/t13-/m1/s1. The number of amides is 1. The van der Waals surface area contributed by atoms with Gasteiger partial charge in [-0.15, -0.1) is 0 Å². The Hall–Kier alpha value is -1.56. The van der Waals surface area contributed by atoms with Gasteiger partial charge in [0.05, 0.1) is 0 Å². The maximum atomic E-state index is 12.3. The Morgan fingerprint density at radius 2 is 1.78 bits per heavy atom. The van der Waals surface area contributed by atoms with Crippen molar-refractivity contribution in [3.63, 3.8) is 0 Å². The van der Waals surface area contributed by atoms with Crippen molar-refractivity contribution in [2.45, 2.75) is 51.7 Å². The van der Waals surface area contributed by atoms with E-state index in [1.165, 1.54) is 7.05 Å². The smallest absolute Gasteiger partial charge is 0.410 e. The molecule has 1 aromatic carbocycles. The number of hydrogen-bond donors (Lipinski definition) is 1. The highest BCUT2D eigenvalue weighted by Crippen LogP contribution is 2.32. The average molecular weight is 386 g/mol. The van der Waals surface area contributed by atoms with Gasteiger partial charge in [0, 0.05) is 16.9 Å². The lowest BCUT2D eigenvalue weighted by Gasteiger charge is -2.38. The SMILES string of the molecule is CN(C(=O)OC(C)(C)C)[C@H](C(=O)O)C(C)(C)c1cccc(Br)c1. The third kappa shape index (κ3) is 4.96. The summed E-state index contributed by atoms with van der Waals surface area (Å²) in [6, 6.07) is 6.36. The van der Waals surface area contributed by atoms with Crippen LogP contribution in [0.15, 0.2) is 28.7 Å². The van der Waals surface area contributed by atoms with Gasteiger partial charge in [0.1, 0.15) is 11.6 Å². The van der Waals surface area contributed by atoms with Gasteiger partial charge >= 0.3 is 12.1 Å². The Morgan fingerprint density at radius 3 is 2.22 bits per heavy atom. The molecule has 0 aliphatic carbocycles. The van der Waals surface area contributed by atoms with E-state index in [2.05, 4.69) is 15.9 Å². The molecule has 0 saturated heterocycles. The number of halogens is 1. The highest BCUT2D eigenvalue weighted by molar-refractivity contribution is 9.10. The minimum absolute atomic E-state index is 0.659. The Morgan fingerprint density at radius 1 is 1.22 bits per heavy atom. The predicted molar refractivity (Wildman–Crippen MR) is 92.6 cm³/mol. The molecule has 23 heavy (non-hydrogen) atoms. The Balaban J connectivity index is 3.19. The maximum absolute atomic E-state index is 12.3. The van der Waals surface area contributed by atoms with Gasteiger partial charge in [0.25, 0.3) is 0 Å². The Kier molecular flexibility index (Phi) is 5.85. The number of carbonyl (C=O) groups excluding carboxylic acids is 1. The summed E-state index contributed by atoms with van der Waals surface area (Å²) in [6.07, 6.45) is -0.659. The van der Waals surface area contributed by atoms with E-state index in [4.69, 9.17) is 4.74 Å². The number of aliphatic carboxylic acids is 1. The van der Waals surface area contributed by atoms with Crippen LogP contribution in [0.2, 0.25) is 0 Å². The predicted octanol–water partition coefficient (Wildman–Crippen LogP) is 4.05. The van der Waals surface area contributed by atoms with Gasteiger partial charge in [-0.1, -0.05) is 41.9 Å². The summed E-state index contributed by atoms with van der Waals surface area (Å²) >= 11 is 3.39. The molecule has 0 unspecified atom stereocenters. The zero-order chi connectivity index (χ0) is 18.0. The highest BCUT2D eigenvalue weighted by atomic mass is 79.9. The number of carboxylic acids is 1. The monoisotopic (exact) mass is 385 g/mol. The van der Waals surface area contributed by atoms with Crippen LogP contribution in [0.1, 0.15) is 40.2 Å². The number of rotatable bonds is 4. The molecule has 0 spiro atoms. The Bertz CT molecular complexity index is 593.